The molecule has 32 N–H and O–H groups in total. The van der Waals surface area contributed by atoms with Crippen LogP contribution in [-0.4, -0.2) is 342 Å². The van der Waals surface area contributed by atoms with E-state index in [0.29, 0.717) is 26.1 Å². The Labute approximate surface area is 639 Å². The van der Waals surface area contributed by atoms with E-state index in [4.69, 9.17) is 67.6 Å². The summed E-state index contributed by atoms with van der Waals surface area (Å²) in [6.07, 6.45) is -37.5. The first kappa shape index (κ1) is 90.2. The zero-order valence-electron chi connectivity index (χ0n) is 60.1. The van der Waals surface area contributed by atoms with E-state index in [9.17, 15) is 95.2 Å². The fourth-order valence-corrected chi connectivity index (χ4v) is 13.2. The Morgan fingerprint density at radius 2 is 1.39 bits per heavy atom. The molecule has 47 nitrogen and oxygen atoms in total. The number of thiazole rings is 2. The summed E-state index contributed by atoms with van der Waals surface area (Å²) >= 11 is 1.84. The molecule has 3 fully saturated rings. The molecule has 0 bridgehead atoms. The molecule has 7 heterocycles. The van der Waals surface area contributed by atoms with Gasteiger partial charge in [0.15, 0.2) is 37.3 Å². The van der Waals surface area contributed by atoms with Crippen molar-refractivity contribution in [1.82, 2.24) is 66.7 Å². The third-order valence-electron chi connectivity index (χ3n) is 17.9. The molecule has 0 saturated carbocycles. The van der Waals surface area contributed by atoms with Crippen molar-refractivity contribution in [2.75, 3.05) is 64.9 Å². The number of imidazole rings is 1. The summed E-state index contributed by atoms with van der Waals surface area (Å²) in [6, 6.07) is -9.72. The van der Waals surface area contributed by atoms with Crippen LogP contribution in [0.25, 0.3) is 10.7 Å². The maximum Gasteiger partial charge on any atom is 0.404 e. The molecular formula is C62H97N19O28S2. The van der Waals surface area contributed by atoms with E-state index >= 15 is 9.59 Å². The Morgan fingerprint density at radius 3 is 2.01 bits per heavy atom. The first-order valence-corrected chi connectivity index (χ1v) is 36.3. The third kappa shape index (κ3) is 23.8. The van der Waals surface area contributed by atoms with Gasteiger partial charge in [-0.1, -0.05) is 0 Å². The number of aliphatic hydroxyl groups is 13. The van der Waals surface area contributed by atoms with Crippen molar-refractivity contribution in [3.05, 3.63) is 56.8 Å². The lowest BCUT2D eigenvalue weighted by molar-refractivity contribution is -0.372. The monoisotopic (exact) mass is 1620 g/mol. The number of hydrogen-bond donors (Lipinski definition) is 26. The summed E-state index contributed by atoms with van der Waals surface area (Å²) in [5.74, 6) is -8.43. The van der Waals surface area contributed by atoms with Gasteiger partial charge < -0.3 is 171 Å². The molecule has 0 radical (unpaired) electrons. The molecule has 620 valence electrons. The zero-order chi connectivity index (χ0) is 82.0. The van der Waals surface area contributed by atoms with Gasteiger partial charge in [0.2, 0.25) is 29.5 Å². The van der Waals surface area contributed by atoms with Crippen LogP contribution in [0, 0.1) is 6.92 Å². The average molecular weight is 1620 g/mol. The molecule has 25 unspecified atom stereocenters. The topological polar surface area (TPSA) is 776 Å². The molecular weight excluding hydrogens is 1520 g/mol. The molecule has 25 atom stereocenters. The van der Waals surface area contributed by atoms with Crippen LogP contribution in [0.1, 0.15) is 101 Å². The van der Waals surface area contributed by atoms with E-state index in [1.165, 1.54) is 24.6 Å². The number of carbonyl (C=O) groups excluding carboxylic acids is 8. The molecule has 0 aromatic carbocycles. The number of nitrogen functional groups attached to an aromatic ring is 1. The second-order valence-corrected chi connectivity index (χ2v) is 27.9. The third-order valence-corrected chi connectivity index (χ3v) is 19.7. The number of primary amides is 3. The minimum Gasteiger partial charge on any atom is -0.441 e. The van der Waals surface area contributed by atoms with Gasteiger partial charge in [-0.15, -0.1) is 22.7 Å². The fourth-order valence-electron chi connectivity index (χ4n) is 11.5. The highest BCUT2D eigenvalue weighted by Gasteiger charge is 2.54. The SMILES string of the molecule is Cc1c(N)nc(C(CC(N)=O)NCC(N)C(N)=O)nc1C(=O)NC(C(=O)NC(C)C(O)CC(=O)NC(C(=O)NC(OC1OC(C)C(N)C(O)C1O)C(O)c1nc(-c2nc(C(=O)NCCCN(CCO)CCO)cs2)cs1)C(C)O)C(OC1OC(CO)C(O)C(O)C1OC1OC(CO)C(O)C(OC(N)=O)C1O)c1cnc[nH]1. The van der Waals surface area contributed by atoms with Crippen molar-refractivity contribution in [1.29, 1.82) is 0 Å². The minimum absolute atomic E-state index is 0.0189. The zero-order valence-corrected chi connectivity index (χ0v) is 61.8. The summed E-state index contributed by atoms with van der Waals surface area (Å²) in [5, 5.41) is 159. The number of anilines is 1. The van der Waals surface area contributed by atoms with Crippen molar-refractivity contribution in [3.8, 4) is 10.7 Å². The quantitative estimate of drug-likeness (QED) is 0.0145. The van der Waals surface area contributed by atoms with Gasteiger partial charge in [-0.3, -0.25) is 38.5 Å². The van der Waals surface area contributed by atoms with Gasteiger partial charge in [0.1, 0.15) is 112 Å². The number of aromatic nitrogens is 6. The van der Waals surface area contributed by atoms with Crippen molar-refractivity contribution >= 4 is 75.9 Å². The van der Waals surface area contributed by atoms with Gasteiger partial charge in [-0.05, 0) is 40.7 Å². The molecule has 111 heavy (non-hydrogen) atoms. The Balaban J connectivity index is 1.16. The number of ether oxygens (including phenoxy) is 7. The van der Waals surface area contributed by atoms with Crippen LogP contribution < -0.4 is 66.3 Å². The number of nitrogens with one attached hydrogen (secondary N) is 7. The lowest BCUT2D eigenvalue weighted by Gasteiger charge is -2.47. The highest BCUT2D eigenvalue weighted by Crippen LogP contribution is 2.36. The number of hydrogen-bond acceptors (Lipinski definition) is 40. The van der Waals surface area contributed by atoms with Gasteiger partial charge in [0, 0.05) is 48.9 Å². The molecule has 7 rings (SSSR count). The van der Waals surface area contributed by atoms with Gasteiger partial charge >= 0.3 is 6.09 Å². The summed E-state index contributed by atoms with van der Waals surface area (Å²) in [7, 11) is 0. The molecule has 8 amide bonds. The molecule has 0 aliphatic carbocycles. The van der Waals surface area contributed by atoms with Crippen LogP contribution >= 0.6 is 22.7 Å². The first-order chi connectivity index (χ1) is 52.5. The predicted octanol–water partition coefficient (Wildman–Crippen LogP) is -11.9. The number of rotatable bonds is 41. The lowest BCUT2D eigenvalue weighted by Crippen LogP contribution is -2.65. The number of H-pyrrole nitrogens is 1. The van der Waals surface area contributed by atoms with Crippen LogP contribution in [0.5, 0.6) is 0 Å². The number of amides is 8. The predicted molar refractivity (Wildman–Crippen MR) is 376 cm³/mol. The summed E-state index contributed by atoms with van der Waals surface area (Å²) < 4.78 is 40.4. The van der Waals surface area contributed by atoms with Gasteiger partial charge in [0.05, 0.1) is 93.5 Å². The van der Waals surface area contributed by atoms with E-state index in [0.717, 1.165) is 49.0 Å². The molecule has 4 aromatic heterocycles. The maximum absolute atomic E-state index is 15.3. The maximum atomic E-state index is 15.3. The Kier molecular flexibility index (Phi) is 33.9. The van der Waals surface area contributed by atoms with Crippen LogP contribution in [0.2, 0.25) is 0 Å². The standard InChI is InChI=1S/C62H97N19O28S2/c1-21-36(77-51(79-49(21)66)26(12-33(64)88)71-14-25(63)50(67)97)53(99)78-38(46(27-15-69-20-72-27)106-61-48(42(93)39(90)31(16-84)105-61)107-60-44(95)47(108-62(68)102)40(91)32(17-85)104-60)55(101)73-22(2)30(87)13-34(89)76-37(23(3)86)54(100)80-56(109-59-43(94)41(92)35(65)24(4)103-59)45(96)58-75-29(19-111-58)57-74-28(18-110-57)52(98)70-6-5-7-81(8-10-82)9-11-83/h15,18-20,22-26,30-32,35,37-48,56,59-61,71,82-87,90-96H,5-14,16-17,63,65H2,1-4H3,(H2,64,88)(H2,67,97)(H2,68,102)(H,69,72)(H,70,98)(H,73,101)(H,76,89)(H,78,99)(H,80,100)(H2,66,77,79). The minimum atomic E-state index is -2.27. The van der Waals surface area contributed by atoms with E-state index in [1.807, 2.05) is 4.90 Å². The van der Waals surface area contributed by atoms with Gasteiger partial charge in [0.25, 0.3) is 11.8 Å². The molecule has 0 spiro atoms. The smallest absolute Gasteiger partial charge is 0.404 e. The molecule has 4 aromatic rings. The summed E-state index contributed by atoms with van der Waals surface area (Å²) in [6.45, 7) is 3.54. The number of nitrogens with zero attached hydrogens (tertiary/aromatic N) is 6. The number of carbonyl (C=O) groups is 8. The second-order valence-electron chi connectivity index (χ2n) is 26.2. The van der Waals surface area contributed by atoms with Crippen molar-refractivity contribution in [2.24, 2.45) is 28.7 Å². The molecule has 3 aliphatic heterocycles. The van der Waals surface area contributed by atoms with Crippen molar-refractivity contribution in [2.45, 2.75) is 200 Å². The van der Waals surface area contributed by atoms with E-state index in [1.54, 1.807) is 0 Å². The average Bonchev–Trinajstić information content (AvgIpc) is 1.13. The van der Waals surface area contributed by atoms with Crippen molar-refractivity contribution < 1.29 is 138 Å². The lowest BCUT2D eigenvalue weighted by atomic mass is 9.97. The Bertz CT molecular complexity index is 3720. The highest BCUT2D eigenvalue weighted by molar-refractivity contribution is 7.14. The number of aromatic amines is 1. The van der Waals surface area contributed by atoms with Crippen LogP contribution in [-0.2, 0) is 57.1 Å². The van der Waals surface area contributed by atoms with Crippen LogP contribution in [0.4, 0.5) is 10.6 Å². The van der Waals surface area contributed by atoms with E-state index < -0.39 is 250 Å². The Hall–Kier alpha value is -8.01. The first-order valence-electron chi connectivity index (χ1n) is 34.5. The summed E-state index contributed by atoms with van der Waals surface area (Å²) in [4.78, 5) is 134. The summed E-state index contributed by atoms with van der Waals surface area (Å²) in [5.41, 5.74) is 33.3. The van der Waals surface area contributed by atoms with E-state index in [-0.39, 0.29) is 52.4 Å². The van der Waals surface area contributed by atoms with Gasteiger partial charge in [-0.2, -0.15) is 0 Å². The fraction of sp³-hybridized carbons (Fsp3) is 0.661. The molecule has 3 aliphatic rings. The number of aliphatic hydroxyl groups excluding tert-OH is 13. The normalized spacial score (nSPS) is 26.9. The van der Waals surface area contributed by atoms with Gasteiger partial charge in [-0.25, -0.2) is 29.7 Å². The highest BCUT2D eigenvalue weighted by atomic mass is 32.1. The second kappa shape index (κ2) is 41.7. The molecule has 49 heteroatoms. The largest absolute Gasteiger partial charge is 0.441 e. The van der Waals surface area contributed by atoms with E-state index in [2.05, 4.69) is 61.8 Å². The van der Waals surface area contributed by atoms with Crippen LogP contribution in [0.3, 0.4) is 0 Å². The molecule has 3 saturated heterocycles. The number of nitrogens with two attached hydrogens (primary N) is 6. The Morgan fingerprint density at radius 1 is 0.721 bits per heavy atom. The van der Waals surface area contributed by atoms with Crippen molar-refractivity contribution in [3.63, 3.8) is 0 Å². The van der Waals surface area contributed by atoms with Crippen LogP contribution in [0.15, 0.2) is 23.3 Å².